The van der Waals surface area contributed by atoms with Crippen molar-refractivity contribution in [1.29, 1.82) is 0 Å². The molecular weight excluding hydrogens is 520 g/mol. The predicted octanol–water partition coefficient (Wildman–Crippen LogP) is 3.64. The highest BCUT2D eigenvalue weighted by atomic mass is 32.2. The number of hydrogen-bond donors (Lipinski definition) is 0. The van der Waals surface area contributed by atoms with Crippen LogP contribution in [0.15, 0.2) is 23.1 Å². The molecule has 0 radical (unpaired) electrons. The molecule has 13 heteroatoms. The summed E-state index contributed by atoms with van der Waals surface area (Å²) in [5, 5.41) is 0. The third kappa shape index (κ3) is 6.48. The molecular formula is C24H32F4N2O6S. The van der Waals surface area contributed by atoms with Gasteiger partial charge in [0.2, 0.25) is 0 Å². The van der Waals surface area contributed by atoms with Gasteiger partial charge >= 0.3 is 12.3 Å². The van der Waals surface area contributed by atoms with E-state index in [0.29, 0.717) is 25.7 Å². The summed E-state index contributed by atoms with van der Waals surface area (Å²) in [5.74, 6) is -0.801. The molecule has 8 nitrogen and oxygen atoms in total. The zero-order valence-corrected chi connectivity index (χ0v) is 21.6. The summed E-state index contributed by atoms with van der Waals surface area (Å²) < 4.78 is 95.7. The van der Waals surface area contributed by atoms with Crippen molar-refractivity contribution in [2.45, 2.75) is 67.9 Å². The lowest BCUT2D eigenvalue weighted by Gasteiger charge is -2.50. The Hall–Kier alpha value is -2.12. The Balaban J connectivity index is 1.33. The smallest absolute Gasteiger partial charge is 0.410 e. The zero-order chi connectivity index (χ0) is 27.0. The molecule has 2 saturated heterocycles. The molecule has 1 aromatic carbocycles. The van der Waals surface area contributed by atoms with Crippen LogP contribution >= 0.6 is 0 Å². The van der Waals surface area contributed by atoms with Crippen molar-refractivity contribution in [3.63, 3.8) is 0 Å². The lowest BCUT2D eigenvalue weighted by molar-refractivity contribution is -0.217. The van der Waals surface area contributed by atoms with Crippen LogP contribution in [0.1, 0.15) is 32.6 Å². The highest BCUT2D eigenvalue weighted by Crippen LogP contribution is 2.38. The average molecular weight is 553 g/mol. The number of alkyl halides is 3. The Bertz CT molecular complexity index is 1070. The van der Waals surface area contributed by atoms with Crippen LogP contribution in [0, 0.1) is 11.7 Å². The van der Waals surface area contributed by atoms with Crippen LogP contribution in [0.3, 0.4) is 0 Å². The Morgan fingerprint density at radius 1 is 1.14 bits per heavy atom. The maximum atomic E-state index is 14.3. The summed E-state index contributed by atoms with van der Waals surface area (Å²) in [6.07, 6.45) is -2.43. The van der Waals surface area contributed by atoms with E-state index in [4.69, 9.17) is 14.2 Å². The van der Waals surface area contributed by atoms with Gasteiger partial charge in [-0.25, -0.2) is 17.6 Å². The van der Waals surface area contributed by atoms with E-state index in [1.165, 1.54) is 24.0 Å². The molecule has 2 heterocycles. The van der Waals surface area contributed by atoms with Crippen LogP contribution in [0.25, 0.3) is 0 Å². The quantitative estimate of drug-likeness (QED) is 0.499. The molecule has 37 heavy (non-hydrogen) atoms. The lowest BCUT2D eigenvalue weighted by Crippen LogP contribution is -2.67. The SMILES string of the molecule is C[C@H]1C(C(F)(F)F)N([C@H]2CC[C@H](COc3ccc(S(C)(=O)=O)cc3F)CC2)CCN1C(=O)OC1COC1. The topological polar surface area (TPSA) is 85.4 Å². The van der Waals surface area contributed by atoms with E-state index in [1.54, 1.807) is 0 Å². The fourth-order valence-corrected chi connectivity index (χ4v) is 5.95. The maximum Gasteiger partial charge on any atom is 0.410 e. The molecule has 208 valence electrons. The van der Waals surface area contributed by atoms with Crippen LogP contribution in [0.5, 0.6) is 5.75 Å². The number of halogens is 4. The molecule has 3 aliphatic rings. The van der Waals surface area contributed by atoms with Gasteiger partial charge in [0.15, 0.2) is 27.5 Å². The Labute approximate surface area is 213 Å². The Morgan fingerprint density at radius 3 is 2.35 bits per heavy atom. The van der Waals surface area contributed by atoms with Crippen LogP contribution < -0.4 is 4.74 Å². The van der Waals surface area contributed by atoms with E-state index < -0.39 is 46.1 Å². The molecule has 0 bridgehead atoms. The molecule has 1 aromatic rings. The minimum atomic E-state index is -4.52. The number of rotatable bonds is 6. The molecule has 0 N–H and O–H groups in total. The highest BCUT2D eigenvalue weighted by molar-refractivity contribution is 7.90. The highest BCUT2D eigenvalue weighted by Gasteiger charge is 2.53. The van der Waals surface area contributed by atoms with E-state index in [1.807, 2.05) is 0 Å². The monoisotopic (exact) mass is 552 g/mol. The van der Waals surface area contributed by atoms with Crippen molar-refractivity contribution in [1.82, 2.24) is 9.80 Å². The van der Waals surface area contributed by atoms with Gasteiger partial charge in [0.25, 0.3) is 0 Å². The minimum absolute atomic E-state index is 0.0351. The number of hydrogen-bond acceptors (Lipinski definition) is 7. The zero-order valence-electron chi connectivity index (χ0n) is 20.7. The largest absolute Gasteiger partial charge is 0.490 e. The minimum Gasteiger partial charge on any atom is -0.490 e. The number of piperazine rings is 1. The molecule has 4 rings (SSSR count). The normalized spacial score (nSPS) is 28.0. The molecule has 0 aromatic heterocycles. The molecule has 2 aliphatic heterocycles. The van der Waals surface area contributed by atoms with Gasteiger partial charge in [-0.15, -0.1) is 0 Å². The second kappa shape index (κ2) is 10.9. The van der Waals surface area contributed by atoms with Crippen LogP contribution in [0.4, 0.5) is 22.4 Å². The van der Waals surface area contributed by atoms with Crippen molar-refractivity contribution < 1.29 is 45.0 Å². The number of ether oxygens (including phenoxy) is 3. The number of carbonyl (C=O) groups is 1. The fourth-order valence-electron chi connectivity index (χ4n) is 5.31. The van der Waals surface area contributed by atoms with E-state index >= 15 is 0 Å². The first-order valence-electron chi connectivity index (χ1n) is 12.3. The summed E-state index contributed by atoms with van der Waals surface area (Å²) in [7, 11) is -3.54. The van der Waals surface area contributed by atoms with Crippen molar-refractivity contribution in [3.8, 4) is 5.75 Å². The maximum absolute atomic E-state index is 14.3. The third-order valence-corrected chi connectivity index (χ3v) is 8.55. The summed E-state index contributed by atoms with van der Waals surface area (Å²) in [6.45, 7) is 2.35. The Kier molecular flexibility index (Phi) is 8.25. The second-order valence-corrected chi connectivity index (χ2v) is 12.1. The fraction of sp³-hybridized carbons (Fsp3) is 0.708. The number of benzene rings is 1. The van der Waals surface area contributed by atoms with Crippen molar-refractivity contribution in [2.24, 2.45) is 5.92 Å². The van der Waals surface area contributed by atoms with Gasteiger partial charge in [-0.2, -0.15) is 13.2 Å². The number of nitrogens with zero attached hydrogens (tertiary/aromatic N) is 2. The van der Waals surface area contributed by atoms with Gasteiger partial charge in [-0.1, -0.05) is 0 Å². The second-order valence-electron chi connectivity index (χ2n) is 10.1. The van der Waals surface area contributed by atoms with Crippen LogP contribution in [-0.4, -0.2) is 93.9 Å². The van der Waals surface area contributed by atoms with E-state index in [-0.39, 0.29) is 55.5 Å². The van der Waals surface area contributed by atoms with Gasteiger partial charge in [-0.3, -0.25) is 4.90 Å². The molecule has 3 fully saturated rings. The van der Waals surface area contributed by atoms with Crippen LogP contribution in [-0.2, 0) is 19.3 Å². The van der Waals surface area contributed by atoms with Crippen molar-refractivity contribution in [2.75, 3.05) is 39.2 Å². The first-order valence-corrected chi connectivity index (χ1v) is 14.2. The molecule has 1 aliphatic carbocycles. The number of sulfone groups is 1. The summed E-state index contributed by atoms with van der Waals surface area (Å²) in [4.78, 5) is 15.0. The summed E-state index contributed by atoms with van der Waals surface area (Å²) >= 11 is 0. The molecule has 1 unspecified atom stereocenters. The number of carbonyl (C=O) groups excluding carboxylic acids is 1. The lowest BCUT2D eigenvalue weighted by atomic mass is 9.84. The van der Waals surface area contributed by atoms with E-state index in [9.17, 15) is 30.8 Å². The first-order chi connectivity index (χ1) is 17.3. The third-order valence-electron chi connectivity index (χ3n) is 7.44. The van der Waals surface area contributed by atoms with E-state index in [2.05, 4.69) is 0 Å². The predicted molar refractivity (Wildman–Crippen MR) is 125 cm³/mol. The number of amides is 1. The van der Waals surface area contributed by atoms with Crippen LogP contribution in [0.2, 0.25) is 0 Å². The average Bonchev–Trinajstić information content (AvgIpc) is 2.79. The standard InChI is InChI=1S/C24H32F4N2O6S/c1-15-22(24(26,27)28)30(10-9-29(15)23(31)36-18-13-34-14-18)17-5-3-16(4-6-17)12-35-21-8-7-19(11-20(21)25)37(2,32)33/h7-8,11,15-18,22H,3-6,9-10,12-14H2,1-2H3/t15-,16-,17-,22?/m0/s1. The van der Waals surface area contributed by atoms with E-state index in [0.717, 1.165) is 17.2 Å². The molecule has 0 spiro atoms. The van der Waals surface area contributed by atoms with Gasteiger partial charge in [0.05, 0.1) is 30.8 Å². The first kappa shape index (κ1) is 27.9. The van der Waals surface area contributed by atoms with Gasteiger partial charge in [0.1, 0.15) is 6.04 Å². The van der Waals surface area contributed by atoms with Gasteiger partial charge in [0, 0.05) is 25.4 Å². The molecule has 1 amide bonds. The van der Waals surface area contributed by atoms with Gasteiger partial charge < -0.3 is 19.1 Å². The summed E-state index contributed by atoms with van der Waals surface area (Å²) in [5.41, 5.74) is 0. The van der Waals surface area contributed by atoms with Gasteiger partial charge in [-0.05, 0) is 56.7 Å². The Morgan fingerprint density at radius 2 is 1.81 bits per heavy atom. The molecule has 1 saturated carbocycles. The molecule has 2 atom stereocenters. The summed E-state index contributed by atoms with van der Waals surface area (Å²) in [6, 6.07) is 0.269. The van der Waals surface area contributed by atoms with Crippen molar-refractivity contribution >= 4 is 15.9 Å². The van der Waals surface area contributed by atoms with Crippen molar-refractivity contribution in [3.05, 3.63) is 24.0 Å².